The molecule has 0 spiro atoms. The monoisotopic (exact) mass is 493 g/mol. The molecule has 2 aromatic rings. The molecule has 0 amide bonds. The number of aliphatic imine (C=N–C) groups is 1. The predicted octanol–water partition coefficient (Wildman–Crippen LogP) is 5.26. The summed E-state index contributed by atoms with van der Waals surface area (Å²) in [5.41, 5.74) is 1.36. The standard InChI is InChI=1S/C22H21BrClNO5/c1-13(2)20(22(27)28)25-12-15-10-17(23)21(18(11-15)29-3)30-19(26)8-7-14-5-4-6-16(24)9-14/h4-13,20H,1-3H3,(H,27,28)/b8-7+,25-12+. The highest BCUT2D eigenvalue weighted by molar-refractivity contribution is 9.10. The minimum Gasteiger partial charge on any atom is -0.493 e. The predicted molar refractivity (Wildman–Crippen MR) is 121 cm³/mol. The summed E-state index contributed by atoms with van der Waals surface area (Å²) in [4.78, 5) is 27.7. The maximum atomic E-state index is 12.2. The molecular formula is C22H21BrClNO5. The second-order valence-corrected chi connectivity index (χ2v) is 7.94. The van der Waals surface area contributed by atoms with E-state index in [0.717, 1.165) is 5.56 Å². The Hall–Kier alpha value is -2.64. The van der Waals surface area contributed by atoms with E-state index in [1.807, 2.05) is 6.07 Å². The van der Waals surface area contributed by atoms with Crippen molar-refractivity contribution < 1.29 is 24.2 Å². The van der Waals surface area contributed by atoms with Gasteiger partial charge in [0.1, 0.15) is 6.04 Å². The van der Waals surface area contributed by atoms with Gasteiger partial charge >= 0.3 is 11.9 Å². The summed E-state index contributed by atoms with van der Waals surface area (Å²) in [5, 5.41) is 9.81. The van der Waals surface area contributed by atoms with E-state index in [-0.39, 0.29) is 11.7 Å². The van der Waals surface area contributed by atoms with Gasteiger partial charge in [0, 0.05) is 17.3 Å². The maximum absolute atomic E-state index is 12.2. The highest BCUT2D eigenvalue weighted by Gasteiger charge is 2.20. The smallest absolute Gasteiger partial charge is 0.336 e. The zero-order chi connectivity index (χ0) is 22.3. The number of nitrogens with zero attached hydrogens (tertiary/aromatic N) is 1. The Morgan fingerprint density at radius 2 is 1.93 bits per heavy atom. The first-order valence-electron chi connectivity index (χ1n) is 9.00. The number of methoxy groups -OCH3 is 1. The zero-order valence-electron chi connectivity index (χ0n) is 16.6. The quantitative estimate of drug-likeness (QED) is 0.234. The lowest BCUT2D eigenvalue weighted by molar-refractivity contribution is -0.139. The Balaban J connectivity index is 2.21. The highest BCUT2D eigenvalue weighted by Crippen LogP contribution is 2.36. The number of carbonyl (C=O) groups excluding carboxylic acids is 1. The van der Waals surface area contributed by atoms with E-state index in [9.17, 15) is 14.7 Å². The normalized spacial score (nSPS) is 12.5. The summed E-state index contributed by atoms with van der Waals surface area (Å²) in [6, 6.07) is 9.46. The topological polar surface area (TPSA) is 85.2 Å². The van der Waals surface area contributed by atoms with E-state index < -0.39 is 18.0 Å². The minimum absolute atomic E-state index is 0.157. The summed E-state index contributed by atoms with van der Waals surface area (Å²) < 4.78 is 11.2. The van der Waals surface area contributed by atoms with E-state index in [0.29, 0.717) is 20.8 Å². The number of hydrogen-bond donors (Lipinski definition) is 1. The summed E-state index contributed by atoms with van der Waals surface area (Å²) in [6.45, 7) is 3.57. The summed E-state index contributed by atoms with van der Waals surface area (Å²) in [7, 11) is 1.44. The van der Waals surface area contributed by atoms with Gasteiger partial charge < -0.3 is 14.6 Å². The van der Waals surface area contributed by atoms with Gasteiger partial charge in [0.15, 0.2) is 11.5 Å². The van der Waals surface area contributed by atoms with Crippen LogP contribution in [0.1, 0.15) is 25.0 Å². The Labute approximate surface area is 188 Å². The first-order valence-corrected chi connectivity index (χ1v) is 10.2. The van der Waals surface area contributed by atoms with Crippen LogP contribution in [0.25, 0.3) is 6.08 Å². The van der Waals surface area contributed by atoms with Crippen molar-refractivity contribution >= 4 is 51.8 Å². The van der Waals surface area contributed by atoms with Crippen molar-refractivity contribution in [1.82, 2.24) is 0 Å². The van der Waals surface area contributed by atoms with Gasteiger partial charge in [-0.15, -0.1) is 0 Å². The lowest BCUT2D eigenvalue weighted by Gasteiger charge is -2.12. The SMILES string of the molecule is COc1cc(/C=N/C(C(=O)O)C(C)C)cc(Br)c1OC(=O)/C=C/c1cccc(Cl)c1. The molecule has 0 radical (unpaired) electrons. The van der Waals surface area contributed by atoms with E-state index in [4.69, 9.17) is 21.1 Å². The second-order valence-electron chi connectivity index (χ2n) is 6.65. The van der Waals surface area contributed by atoms with Crippen molar-refractivity contribution in [2.75, 3.05) is 7.11 Å². The van der Waals surface area contributed by atoms with E-state index in [1.54, 1.807) is 50.3 Å². The first kappa shape index (κ1) is 23.6. The number of carboxylic acids is 1. The van der Waals surface area contributed by atoms with Crippen molar-refractivity contribution in [1.29, 1.82) is 0 Å². The molecule has 2 rings (SSSR count). The Bertz CT molecular complexity index is 987. The fraction of sp³-hybridized carbons (Fsp3) is 0.227. The van der Waals surface area contributed by atoms with Crippen LogP contribution in [-0.2, 0) is 9.59 Å². The molecule has 0 aliphatic rings. The zero-order valence-corrected chi connectivity index (χ0v) is 19.0. The van der Waals surface area contributed by atoms with Gasteiger partial charge in [0.05, 0.1) is 11.6 Å². The average molecular weight is 495 g/mol. The molecule has 158 valence electrons. The third-order valence-electron chi connectivity index (χ3n) is 3.98. The van der Waals surface area contributed by atoms with Crippen LogP contribution in [0.3, 0.4) is 0 Å². The third kappa shape index (κ3) is 6.71. The van der Waals surface area contributed by atoms with Crippen LogP contribution in [0.5, 0.6) is 11.5 Å². The van der Waals surface area contributed by atoms with E-state index >= 15 is 0 Å². The second kappa shape index (κ2) is 10.9. The molecule has 30 heavy (non-hydrogen) atoms. The fourth-order valence-electron chi connectivity index (χ4n) is 2.51. The summed E-state index contributed by atoms with van der Waals surface area (Å²) >= 11 is 9.29. The molecule has 1 atom stereocenters. The maximum Gasteiger partial charge on any atom is 0.336 e. The molecule has 1 N–H and O–H groups in total. The molecule has 8 heteroatoms. The van der Waals surface area contributed by atoms with Gasteiger partial charge in [-0.05, 0) is 63.3 Å². The van der Waals surface area contributed by atoms with Crippen molar-refractivity contribution in [2.45, 2.75) is 19.9 Å². The molecule has 0 aliphatic carbocycles. The number of aliphatic carboxylic acids is 1. The minimum atomic E-state index is -0.996. The number of benzene rings is 2. The molecule has 0 aromatic heterocycles. The summed E-state index contributed by atoms with van der Waals surface area (Å²) in [6.07, 6.45) is 4.33. The van der Waals surface area contributed by atoms with Gasteiger partial charge in [-0.3, -0.25) is 4.99 Å². The molecular weight excluding hydrogens is 474 g/mol. The molecule has 0 heterocycles. The molecule has 0 saturated heterocycles. The van der Waals surface area contributed by atoms with Gasteiger partial charge in [-0.25, -0.2) is 9.59 Å². The van der Waals surface area contributed by atoms with Crippen molar-refractivity contribution in [2.24, 2.45) is 10.9 Å². The number of carboxylic acid groups (broad SMARTS) is 1. The van der Waals surface area contributed by atoms with Crippen LogP contribution in [-0.4, -0.2) is 36.4 Å². The molecule has 0 saturated carbocycles. The number of rotatable bonds is 8. The van der Waals surface area contributed by atoms with Crippen LogP contribution >= 0.6 is 27.5 Å². The van der Waals surface area contributed by atoms with Gasteiger partial charge in [0.25, 0.3) is 0 Å². The Kier molecular flexibility index (Phi) is 8.62. The molecule has 0 fully saturated rings. The van der Waals surface area contributed by atoms with Gasteiger partial charge in [-0.2, -0.15) is 0 Å². The molecule has 6 nitrogen and oxygen atoms in total. The van der Waals surface area contributed by atoms with Crippen molar-refractivity contribution in [3.63, 3.8) is 0 Å². The van der Waals surface area contributed by atoms with Crippen LogP contribution in [0, 0.1) is 5.92 Å². The summed E-state index contributed by atoms with van der Waals surface area (Å²) in [5.74, 6) is -1.25. The van der Waals surface area contributed by atoms with Crippen LogP contribution in [0.15, 0.2) is 51.9 Å². The van der Waals surface area contributed by atoms with E-state index in [2.05, 4.69) is 20.9 Å². The number of carbonyl (C=O) groups is 2. The van der Waals surface area contributed by atoms with Crippen LogP contribution in [0.2, 0.25) is 5.02 Å². The Morgan fingerprint density at radius 3 is 2.53 bits per heavy atom. The lowest BCUT2D eigenvalue weighted by atomic mass is 10.1. The molecule has 2 aromatic carbocycles. The number of ether oxygens (including phenoxy) is 2. The molecule has 1 unspecified atom stereocenters. The number of hydrogen-bond acceptors (Lipinski definition) is 5. The first-order chi connectivity index (χ1) is 14.2. The average Bonchev–Trinajstić information content (AvgIpc) is 2.67. The number of halogens is 2. The largest absolute Gasteiger partial charge is 0.493 e. The number of esters is 1. The van der Waals surface area contributed by atoms with Crippen LogP contribution in [0.4, 0.5) is 0 Å². The lowest BCUT2D eigenvalue weighted by Crippen LogP contribution is -2.24. The van der Waals surface area contributed by atoms with Crippen molar-refractivity contribution in [3.05, 3.63) is 63.1 Å². The third-order valence-corrected chi connectivity index (χ3v) is 4.81. The van der Waals surface area contributed by atoms with Crippen LogP contribution < -0.4 is 9.47 Å². The Morgan fingerprint density at radius 1 is 1.20 bits per heavy atom. The molecule has 0 bridgehead atoms. The molecule has 0 aliphatic heterocycles. The van der Waals surface area contributed by atoms with Gasteiger partial charge in [0.2, 0.25) is 0 Å². The van der Waals surface area contributed by atoms with Crippen molar-refractivity contribution in [3.8, 4) is 11.5 Å². The van der Waals surface area contributed by atoms with E-state index in [1.165, 1.54) is 19.4 Å². The van der Waals surface area contributed by atoms with Gasteiger partial charge in [-0.1, -0.05) is 37.6 Å². The fourth-order valence-corrected chi connectivity index (χ4v) is 3.25. The highest BCUT2D eigenvalue weighted by atomic mass is 79.9.